The normalized spacial score (nSPS) is 11.2. The van der Waals surface area contributed by atoms with Crippen LogP contribution in [-0.2, 0) is 24.1 Å². The molecular weight excluding hydrogens is 306 g/mol. The van der Waals surface area contributed by atoms with Crippen LogP contribution >= 0.6 is 15.9 Å². The van der Waals surface area contributed by atoms with E-state index in [1.807, 2.05) is 0 Å². The predicted octanol–water partition coefficient (Wildman–Crippen LogP) is 2.79. The maximum Gasteiger partial charge on any atom is 0.0766 e. The van der Waals surface area contributed by atoms with Gasteiger partial charge < -0.3 is 10.1 Å². The molecule has 1 aromatic heterocycles. The van der Waals surface area contributed by atoms with Crippen molar-refractivity contribution >= 4 is 15.9 Å². The number of halogens is 1. The Morgan fingerprint density at radius 3 is 2.68 bits per heavy atom. The molecule has 1 heterocycles. The summed E-state index contributed by atoms with van der Waals surface area (Å²) in [5, 5.41) is 8.00. The van der Waals surface area contributed by atoms with Crippen LogP contribution in [0.4, 0.5) is 0 Å². The lowest BCUT2D eigenvalue weighted by atomic mass is 10.1. The molecule has 0 aliphatic rings. The first-order chi connectivity index (χ1) is 9.24. The highest BCUT2D eigenvalue weighted by Gasteiger charge is 2.12. The molecule has 0 radical (unpaired) electrons. The van der Waals surface area contributed by atoms with Crippen molar-refractivity contribution in [1.82, 2.24) is 15.1 Å². The number of aryl methyl sites for hydroxylation is 2. The van der Waals surface area contributed by atoms with Gasteiger partial charge in [0.1, 0.15) is 0 Å². The number of methoxy groups -OCH3 is 1. The van der Waals surface area contributed by atoms with Crippen molar-refractivity contribution in [2.75, 3.05) is 26.8 Å². The second-order valence-corrected chi connectivity index (χ2v) is 5.37. The number of hydrogen-bond donors (Lipinski definition) is 1. The monoisotopic (exact) mass is 331 g/mol. The lowest BCUT2D eigenvalue weighted by Gasteiger charge is -2.06. The average Bonchev–Trinajstić information content (AvgIpc) is 2.74. The van der Waals surface area contributed by atoms with Gasteiger partial charge in [0, 0.05) is 20.2 Å². The molecule has 1 aromatic rings. The molecule has 0 unspecified atom stereocenters. The third-order valence-electron chi connectivity index (χ3n) is 3.19. The van der Waals surface area contributed by atoms with Crippen molar-refractivity contribution in [3.05, 3.63) is 15.9 Å². The second-order valence-electron chi connectivity index (χ2n) is 4.58. The molecule has 0 saturated carbocycles. The molecule has 1 rings (SSSR count). The van der Waals surface area contributed by atoms with Crippen LogP contribution < -0.4 is 5.32 Å². The van der Waals surface area contributed by atoms with E-state index in [0.29, 0.717) is 0 Å². The number of unbranched alkanes of at least 4 members (excludes halogenated alkanes) is 1. The maximum absolute atomic E-state index is 5.00. The largest absolute Gasteiger partial charge is 0.383 e. The van der Waals surface area contributed by atoms with Gasteiger partial charge in [-0.15, -0.1) is 0 Å². The van der Waals surface area contributed by atoms with Crippen LogP contribution in [-0.4, -0.2) is 36.6 Å². The van der Waals surface area contributed by atoms with Gasteiger partial charge in [-0.25, -0.2) is 0 Å². The van der Waals surface area contributed by atoms with Crippen LogP contribution in [0.3, 0.4) is 0 Å². The number of hydrogen-bond acceptors (Lipinski definition) is 3. The number of aromatic nitrogens is 2. The molecule has 0 bridgehead atoms. The van der Waals surface area contributed by atoms with Gasteiger partial charge in [-0.1, -0.05) is 6.92 Å². The van der Waals surface area contributed by atoms with Crippen molar-refractivity contribution in [2.24, 2.45) is 0 Å². The summed E-state index contributed by atoms with van der Waals surface area (Å²) in [5.41, 5.74) is 2.52. The van der Waals surface area contributed by atoms with Gasteiger partial charge >= 0.3 is 0 Å². The van der Waals surface area contributed by atoms with Gasteiger partial charge in [0.15, 0.2) is 0 Å². The van der Waals surface area contributed by atoms with Gasteiger partial charge in [0.25, 0.3) is 0 Å². The molecule has 0 atom stereocenters. The van der Waals surface area contributed by atoms with Crippen molar-refractivity contribution < 1.29 is 4.74 Å². The molecule has 0 amide bonds. The zero-order chi connectivity index (χ0) is 14.1. The Bertz CT molecular complexity index is 366. The van der Waals surface area contributed by atoms with Crippen LogP contribution in [0, 0.1) is 0 Å². The van der Waals surface area contributed by atoms with Crippen molar-refractivity contribution in [3.63, 3.8) is 0 Å². The standard InChI is InChI=1S/C14H26BrN3O/c1-4-12-14(15)13(18(5-2)17-12)8-6-7-9-16-10-11-19-3/h16H,4-11H2,1-3H3. The lowest BCUT2D eigenvalue weighted by molar-refractivity contribution is 0.199. The zero-order valence-corrected chi connectivity index (χ0v) is 13.9. The summed E-state index contributed by atoms with van der Waals surface area (Å²) < 4.78 is 8.34. The molecule has 4 nitrogen and oxygen atoms in total. The smallest absolute Gasteiger partial charge is 0.0766 e. The molecule has 19 heavy (non-hydrogen) atoms. The molecule has 0 aliphatic heterocycles. The van der Waals surface area contributed by atoms with Crippen LogP contribution in [0.15, 0.2) is 4.47 Å². The molecule has 0 spiro atoms. The highest BCUT2D eigenvalue weighted by Crippen LogP contribution is 2.23. The van der Waals surface area contributed by atoms with E-state index < -0.39 is 0 Å². The fourth-order valence-electron chi connectivity index (χ4n) is 2.10. The average molecular weight is 332 g/mol. The molecule has 110 valence electrons. The molecule has 5 heteroatoms. The molecular formula is C14H26BrN3O. The minimum Gasteiger partial charge on any atom is -0.383 e. The molecule has 0 aromatic carbocycles. The SMILES string of the molecule is CCc1nn(CC)c(CCCCNCCOC)c1Br. The third kappa shape index (κ3) is 5.24. The first-order valence-electron chi connectivity index (χ1n) is 7.18. The summed E-state index contributed by atoms with van der Waals surface area (Å²) >= 11 is 3.69. The summed E-state index contributed by atoms with van der Waals surface area (Å²) in [6, 6.07) is 0. The first-order valence-corrected chi connectivity index (χ1v) is 7.97. The third-order valence-corrected chi connectivity index (χ3v) is 4.11. The van der Waals surface area contributed by atoms with Crippen LogP contribution in [0.25, 0.3) is 0 Å². The quantitative estimate of drug-likeness (QED) is 0.670. The second kappa shape index (κ2) is 9.50. The Hall–Kier alpha value is -0.390. The van der Waals surface area contributed by atoms with E-state index in [0.717, 1.165) is 39.1 Å². The van der Waals surface area contributed by atoms with Crippen LogP contribution in [0.2, 0.25) is 0 Å². The Morgan fingerprint density at radius 2 is 2.05 bits per heavy atom. The van der Waals surface area contributed by atoms with E-state index in [4.69, 9.17) is 4.74 Å². The molecule has 0 saturated heterocycles. The van der Waals surface area contributed by atoms with Gasteiger partial charge in [-0.05, 0) is 55.1 Å². The summed E-state index contributed by atoms with van der Waals surface area (Å²) in [6.45, 7) is 8.02. The Kier molecular flexibility index (Phi) is 8.34. The van der Waals surface area contributed by atoms with Crippen molar-refractivity contribution in [3.8, 4) is 0 Å². The Balaban J connectivity index is 2.34. The maximum atomic E-state index is 5.00. The number of ether oxygens (including phenoxy) is 1. The number of nitrogens with one attached hydrogen (secondary N) is 1. The van der Waals surface area contributed by atoms with E-state index in [2.05, 4.69) is 44.9 Å². The zero-order valence-electron chi connectivity index (χ0n) is 12.3. The number of nitrogens with zero attached hydrogens (tertiary/aromatic N) is 2. The van der Waals surface area contributed by atoms with Gasteiger partial charge in [-0.3, -0.25) is 4.68 Å². The Labute approximate surface area is 125 Å². The lowest BCUT2D eigenvalue weighted by Crippen LogP contribution is -2.20. The molecule has 0 aliphatic carbocycles. The van der Waals surface area contributed by atoms with Crippen LogP contribution in [0.5, 0.6) is 0 Å². The van der Waals surface area contributed by atoms with E-state index >= 15 is 0 Å². The van der Waals surface area contributed by atoms with Gasteiger partial charge in [0.05, 0.1) is 22.5 Å². The van der Waals surface area contributed by atoms with Crippen molar-refractivity contribution in [2.45, 2.75) is 46.1 Å². The van der Waals surface area contributed by atoms with Crippen LogP contribution in [0.1, 0.15) is 38.1 Å². The minimum atomic E-state index is 0.786. The first kappa shape index (κ1) is 16.7. The van der Waals surface area contributed by atoms with Gasteiger partial charge in [0.2, 0.25) is 0 Å². The van der Waals surface area contributed by atoms with Crippen molar-refractivity contribution in [1.29, 1.82) is 0 Å². The fourth-order valence-corrected chi connectivity index (χ4v) is 2.86. The summed E-state index contributed by atoms with van der Waals surface area (Å²) in [6.07, 6.45) is 4.45. The van der Waals surface area contributed by atoms with E-state index in [1.165, 1.54) is 28.7 Å². The summed E-state index contributed by atoms with van der Waals surface area (Å²) in [4.78, 5) is 0. The Morgan fingerprint density at radius 1 is 1.26 bits per heavy atom. The minimum absolute atomic E-state index is 0.786. The summed E-state index contributed by atoms with van der Waals surface area (Å²) in [7, 11) is 1.73. The predicted molar refractivity (Wildman–Crippen MR) is 82.7 cm³/mol. The topological polar surface area (TPSA) is 39.1 Å². The molecule has 1 N–H and O–H groups in total. The highest BCUT2D eigenvalue weighted by molar-refractivity contribution is 9.10. The van der Waals surface area contributed by atoms with E-state index in [-0.39, 0.29) is 0 Å². The van der Waals surface area contributed by atoms with E-state index in [9.17, 15) is 0 Å². The molecule has 0 fully saturated rings. The van der Waals surface area contributed by atoms with Gasteiger partial charge in [-0.2, -0.15) is 5.10 Å². The summed E-state index contributed by atoms with van der Waals surface area (Å²) in [5.74, 6) is 0. The fraction of sp³-hybridized carbons (Fsp3) is 0.786. The van der Waals surface area contributed by atoms with E-state index in [1.54, 1.807) is 7.11 Å². The number of rotatable bonds is 10. The highest BCUT2D eigenvalue weighted by atomic mass is 79.9.